The van der Waals surface area contributed by atoms with E-state index >= 15 is 0 Å². The molecule has 0 aliphatic rings. The van der Waals surface area contributed by atoms with Gasteiger partial charge in [-0.3, -0.25) is 4.90 Å². The van der Waals surface area contributed by atoms with Crippen LogP contribution in [0, 0.1) is 17.7 Å². The lowest BCUT2D eigenvalue weighted by Crippen LogP contribution is -2.23. The maximum Gasteiger partial charge on any atom is 0.123 e. The van der Waals surface area contributed by atoms with Crippen molar-refractivity contribution in [1.82, 2.24) is 4.90 Å². The third-order valence-electron chi connectivity index (χ3n) is 3.88. The van der Waals surface area contributed by atoms with E-state index in [1.807, 2.05) is 60.7 Å². The Kier molecular flexibility index (Phi) is 5.98. The monoisotopic (exact) mass is 329 g/mol. The number of nitrogens with zero attached hydrogens (tertiary/aromatic N) is 1. The fourth-order valence-corrected chi connectivity index (χ4v) is 2.63. The number of rotatable bonds is 5. The van der Waals surface area contributed by atoms with Crippen LogP contribution in [0.3, 0.4) is 0 Å². The average molecular weight is 329 g/mol. The van der Waals surface area contributed by atoms with Crippen LogP contribution in [0.1, 0.15) is 16.7 Å². The van der Waals surface area contributed by atoms with Crippen LogP contribution in [-0.2, 0) is 13.1 Å². The van der Waals surface area contributed by atoms with Crippen molar-refractivity contribution in [3.63, 3.8) is 0 Å². The van der Waals surface area contributed by atoms with E-state index in [1.165, 1.54) is 17.7 Å². The highest BCUT2D eigenvalue weighted by atomic mass is 19.1. The molecule has 3 rings (SSSR count). The zero-order chi connectivity index (χ0) is 17.3. The summed E-state index contributed by atoms with van der Waals surface area (Å²) in [6.07, 6.45) is 0. The number of halogens is 1. The number of hydrogen-bond donors (Lipinski definition) is 0. The summed E-state index contributed by atoms with van der Waals surface area (Å²) in [5.41, 5.74) is 3.34. The minimum atomic E-state index is -0.206. The summed E-state index contributed by atoms with van der Waals surface area (Å²) in [7, 11) is 0. The summed E-state index contributed by atoms with van der Waals surface area (Å²) in [6.45, 7) is 2.20. The van der Waals surface area contributed by atoms with Crippen molar-refractivity contribution in [1.29, 1.82) is 0 Å². The zero-order valence-electron chi connectivity index (χ0n) is 14.0. The highest BCUT2D eigenvalue weighted by Gasteiger charge is 2.06. The average Bonchev–Trinajstić information content (AvgIpc) is 2.65. The molecule has 3 aromatic rings. The summed E-state index contributed by atoms with van der Waals surface area (Å²) >= 11 is 0. The molecule has 3 aromatic carbocycles. The fourth-order valence-electron chi connectivity index (χ4n) is 2.63. The first-order valence-electron chi connectivity index (χ1n) is 8.34. The molecule has 0 N–H and O–H groups in total. The topological polar surface area (TPSA) is 3.24 Å². The van der Waals surface area contributed by atoms with E-state index < -0.39 is 0 Å². The van der Waals surface area contributed by atoms with Crippen molar-refractivity contribution in [3.8, 4) is 11.8 Å². The van der Waals surface area contributed by atoms with Crippen molar-refractivity contribution in [2.24, 2.45) is 0 Å². The maximum atomic E-state index is 13.1. The standard InChI is InChI=1S/C23H20FN/c24-23-15-13-22(14-16-23)19-25(18-21-10-5-2-6-11-21)17-7-12-20-8-3-1-4-9-20/h1-6,8-11,13-16H,17-19H2. The molecular weight excluding hydrogens is 309 g/mol. The molecule has 124 valence electrons. The van der Waals surface area contributed by atoms with Crippen LogP contribution in [0.25, 0.3) is 0 Å². The predicted octanol–water partition coefficient (Wildman–Crippen LogP) is 4.88. The number of benzene rings is 3. The largest absolute Gasteiger partial charge is 0.284 e. The van der Waals surface area contributed by atoms with Gasteiger partial charge in [-0.15, -0.1) is 0 Å². The van der Waals surface area contributed by atoms with Gasteiger partial charge in [0.1, 0.15) is 5.82 Å². The molecule has 0 unspecified atom stereocenters. The fraction of sp³-hybridized carbons (Fsp3) is 0.130. The third kappa shape index (κ3) is 5.60. The first kappa shape index (κ1) is 17.0. The van der Waals surface area contributed by atoms with Crippen LogP contribution in [-0.4, -0.2) is 11.4 Å². The number of hydrogen-bond acceptors (Lipinski definition) is 1. The lowest BCUT2D eigenvalue weighted by Gasteiger charge is -2.20. The van der Waals surface area contributed by atoms with Gasteiger partial charge in [0.15, 0.2) is 0 Å². The Morgan fingerprint density at radius 2 is 1.24 bits per heavy atom. The van der Waals surface area contributed by atoms with E-state index in [2.05, 4.69) is 28.9 Å². The van der Waals surface area contributed by atoms with Gasteiger partial charge in [-0.1, -0.05) is 72.5 Å². The van der Waals surface area contributed by atoms with Crippen molar-refractivity contribution >= 4 is 0 Å². The molecule has 0 aliphatic carbocycles. The van der Waals surface area contributed by atoms with Crippen molar-refractivity contribution in [2.75, 3.05) is 6.54 Å². The zero-order valence-corrected chi connectivity index (χ0v) is 14.0. The SMILES string of the molecule is Fc1ccc(CN(CC#Cc2ccccc2)Cc2ccccc2)cc1. The molecule has 0 saturated carbocycles. The molecule has 0 spiro atoms. The Morgan fingerprint density at radius 3 is 1.88 bits per heavy atom. The van der Waals surface area contributed by atoms with E-state index in [0.29, 0.717) is 6.54 Å². The van der Waals surface area contributed by atoms with E-state index in [4.69, 9.17) is 0 Å². The molecule has 2 heteroatoms. The van der Waals surface area contributed by atoms with Crippen LogP contribution in [0.15, 0.2) is 84.9 Å². The van der Waals surface area contributed by atoms with E-state index in [9.17, 15) is 4.39 Å². The predicted molar refractivity (Wildman–Crippen MR) is 100 cm³/mol. The van der Waals surface area contributed by atoms with Crippen molar-refractivity contribution in [3.05, 3.63) is 107 Å². The Morgan fingerprint density at radius 1 is 0.680 bits per heavy atom. The molecule has 0 radical (unpaired) electrons. The van der Waals surface area contributed by atoms with Crippen molar-refractivity contribution < 1.29 is 4.39 Å². The van der Waals surface area contributed by atoms with E-state index in [-0.39, 0.29) is 5.82 Å². The summed E-state index contributed by atoms with van der Waals surface area (Å²) in [6, 6.07) is 27.0. The lowest BCUT2D eigenvalue weighted by molar-refractivity contribution is 0.290. The molecule has 0 saturated heterocycles. The smallest absolute Gasteiger partial charge is 0.123 e. The molecule has 0 amide bonds. The molecule has 25 heavy (non-hydrogen) atoms. The summed E-state index contributed by atoms with van der Waals surface area (Å²) in [4.78, 5) is 2.26. The molecular formula is C23H20FN. The summed E-state index contributed by atoms with van der Waals surface area (Å²) < 4.78 is 13.1. The van der Waals surface area contributed by atoms with Gasteiger partial charge in [0.2, 0.25) is 0 Å². The van der Waals surface area contributed by atoms with Crippen LogP contribution >= 0.6 is 0 Å². The lowest BCUT2D eigenvalue weighted by atomic mass is 10.1. The Bertz CT molecular complexity index is 830. The minimum absolute atomic E-state index is 0.206. The molecule has 0 bridgehead atoms. The van der Waals surface area contributed by atoms with Gasteiger partial charge in [0.25, 0.3) is 0 Å². The van der Waals surface area contributed by atoms with Crippen molar-refractivity contribution in [2.45, 2.75) is 13.1 Å². The van der Waals surface area contributed by atoms with Gasteiger partial charge in [-0.25, -0.2) is 4.39 Å². The van der Waals surface area contributed by atoms with E-state index in [0.717, 1.165) is 24.2 Å². The molecule has 0 aromatic heterocycles. The molecule has 1 nitrogen and oxygen atoms in total. The van der Waals surface area contributed by atoms with Gasteiger partial charge in [0.05, 0.1) is 6.54 Å². The van der Waals surface area contributed by atoms with Gasteiger partial charge in [-0.2, -0.15) is 0 Å². The second-order valence-corrected chi connectivity index (χ2v) is 5.93. The van der Waals surface area contributed by atoms with Crippen LogP contribution in [0.4, 0.5) is 4.39 Å². The molecule has 0 aliphatic heterocycles. The second-order valence-electron chi connectivity index (χ2n) is 5.93. The summed E-state index contributed by atoms with van der Waals surface area (Å²) in [5, 5.41) is 0. The van der Waals surface area contributed by atoms with Gasteiger partial charge >= 0.3 is 0 Å². The normalized spacial score (nSPS) is 10.3. The van der Waals surface area contributed by atoms with Crippen LogP contribution < -0.4 is 0 Å². The molecule has 0 fully saturated rings. The Labute approximate surface area is 148 Å². The van der Waals surface area contributed by atoms with Crippen LogP contribution in [0.2, 0.25) is 0 Å². The third-order valence-corrected chi connectivity index (χ3v) is 3.88. The van der Waals surface area contributed by atoms with Gasteiger partial charge in [-0.05, 0) is 35.4 Å². The first-order valence-corrected chi connectivity index (χ1v) is 8.34. The highest BCUT2D eigenvalue weighted by Crippen LogP contribution is 2.10. The second kappa shape index (κ2) is 8.82. The first-order chi connectivity index (χ1) is 12.3. The molecule has 0 heterocycles. The summed E-state index contributed by atoms with van der Waals surface area (Å²) in [5.74, 6) is 6.25. The maximum absolute atomic E-state index is 13.1. The Hall–Kier alpha value is -2.89. The van der Waals surface area contributed by atoms with Gasteiger partial charge < -0.3 is 0 Å². The van der Waals surface area contributed by atoms with Gasteiger partial charge in [0, 0.05) is 18.7 Å². The molecule has 0 atom stereocenters. The van der Waals surface area contributed by atoms with E-state index in [1.54, 1.807) is 0 Å². The quantitative estimate of drug-likeness (QED) is 0.603. The van der Waals surface area contributed by atoms with Crippen LogP contribution in [0.5, 0.6) is 0 Å². The minimum Gasteiger partial charge on any atom is -0.284 e. The Balaban J connectivity index is 1.71. The highest BCUT2D eigenvalue weighted by molar-refractivity contribution is 5.34.